The van der Waals surface area contributed by atoms with E-state index in [2.05, 4.69) is 27.7 Å². The quantitative estimate of drug-likeness (QED) is 0.0475. The largest absolute Gasteiger partial charge is 0.397 e. The van der Waals surface area contributed by atoms with E-state index in [-0.39, 0.29) is 36.7 Å². The summed E-state index contributed by atoms with van der Waals surface area (Å²) in [6.07, 6.45) is 0.760. The van der Waals surface area contributed by atoms with Gasteiger partial charge in [-0.2, -0.15) is 0 Å². The fraction of sp³-hybridized carbons (Fsp3) is 0.319. The summed E-state index contributed by atoms with van der Waals surface area (Å²) in [4.78, 5) is 27.2. The van der Waals surface area contributed by atoms with Crippen LogP contribution in [0.25, 0.3) is 11.1 Å². The summed E-state index contributed by atoms with van der Waals surface area (Å²) in [6.45, 7) is 2.97. The Morgan fingerprint density at radius 2 is 1.46 bits per heavy atom. The lowest BCUT2D eigenvalue weighted by molar-refractivity contribution is -0.253. The lowest BCUT2D eigenvalue weighted by Crippen LogP contribution is -2.43. The fourth-order valence-corrected chi connectivity index (χ4v) is 7.14. The molecule has 10 nitrogen and oxygen atoms in total. The zero-order valence-electron chi connectivity index (χ0n) is 32.7. The average molecular weight is 771 g/mol. The van der Waals surface area contributed by atoms with Gasteiger partial charge < -0.3 is 36.1 Å². The molecule has 0 spiro atoms. The first-order chi connectivity index (χ1) is 27.7. The summed E-state index contributed by atoms with van der Waals surface area (Å²) in [5.41, 5.74) is 13.6. The van der Waals surface area contributed by atoms with Crippen molar-refractivity contribution in [3.05, 3.63) is 155 Å². The molecule has 2 amide bonds. The zero-order valence-corrected chi connectivity index (χ0v) is 32.7. The standard InChI is InChI=1S/C47H54N4O6/c1-32(46(55)36-12-4-3-5-13-36)51(2)30-39-28-43(35-22-20-33(31-52)21-23-35)57-47(56-39)37-26-24-34(25-27-37)40-15-7-6-14-38(40)29-49-44(53)18-10-11-19-45(54)50-42-17-9-8-16-41(42)48/h3-9,12-17,20-27,32,39,43,46-47,52,55H,10-11,18-19,28-31,48H2,1-2H3,(H,49,53)(H,50,54)/t32-,39+,43-,46-,47-/m0/s1. The Morgan fingerprint density at radius 3 is 2.18 bits per heavy atom. The summed E-state index contributed by atoms with van der Waals surface area (Å²) in [5, 5.41) is 26.6. The van der Waals surface area contributed by atoms with Gasteiger partial charge in [0.1, 0.15) is 0 Å². The molecule has 0 aliphatic carbocycles. The molecule has 6 N–H and O–H groups in total. The second-order valence-electron chi connectivity index (χ2n) is 14.8. The minimum Gasteiger partial charge on any atom is -0.397 e. The lowest BCUT2D eigenvalue weighted by Gasteiger charge is -2.39. The zero-order chi connectivity index (χ0) is 40.1. The summed E-state index contributed by atoms with van der Waals surface area (Å²) >= 11 is 0. The van der Waals surface area contributed by atoms with Crippen molar-refractivity contribution in [2.45, 2.75) is 82.8 Å². The molecule has 0 bridgehead atoms. The van der Waals surface area contributed by atoms with Crippen LogP contribution in [-0.2, 0) is 32.2 Å². The number of para-hydroxylation sites is 2. The maximum Gasteiger partial charge on any atom is 0.224 e. The number of hydrogen-bond donors (Lipinski definition) is 5. The highest BCUT2D eigenvalue weighted by molar-refractivity contribution is 5.93. The van der Waals surface area contributed by atoms with E-state index < -0.39 is 12.4 Å². The predicted octanol–water partition coefficient (Wildman–Crippen LogP) is 7.84. The van der Waals surface area contributed by atoms with Gasteiger partial charge in [-0.05, 0) is 72.3 Å². The number of nitrogens with two attached hydrogens (primary N) is 1. The molecule has 1 aliphatic heterocycles. The number of unbranched alkanes of at least 4 members (excludes halogenated alkanes) is 1. The number of hydrogen-bond acceptors (Lipinski definition) is 8. The second-order valence-corrected chi connectivity index (χ2v) is 14.8. The molecule has 1 saturated heterocycles. The minimum absolute atomic E-state index is 0.0254. The van der Waals surface area contributed by atoms with Gasteiger partial charge in [-0.25, -0.2) is 0 Å². The fourth-order valence-electron chi connectivity index (χ4n) is 7.14. The van der Waals surface area contributed by atoms with Gasteiger partial charge in [-0.3, -0.25) is 14.5 Å². The highest BCUT2D eigenvalue weighted by Crippen LogP contribution is 2.39. The van der Waals surface area contributed by atoms with E-state index in [1.165, 1.54) is 0 Å². The summed E-state index contributed by atoms with van der Waals surface area (Å²) in [5.74, 6) is -0.190. The number of nitrogen functional groups attached to an aromatic ring is 1. The van der Waals surface area contributed by atoms with E-state index in [9.17, 15) is 19.8 Å². The van der Waals surface area contributed by atoms with Gasteiger partial charge in [-0.15, -0.1) is 0 Å². The maximum absolute atomic E-state index is 12.8. The topological polar surface area (TPSA) is 146 Å². The number of aliphatic hydroxyl groups excluding tert-OH is 2. The van der Waals surface area contributed by atoms with Crippen molar-refractivity contribution < 1.29 is 29.3 Å². The Morgan fingerprint density at radius 1 is 0.807 bits per heavy atom. The van der Waals surface area contributed by atoms with Crippen LogP contribution < -0.4 is 16.4 Å². The molecule has 5 aromatic carbocycles. The summed E-state index contributed by atoms with van der Waals surface area (Å²) < 4.78 is 13.2. The number of aliphatic hydroxyl groups is 2. The SMILES string of the molecule is C[C@@H]([C@H](O)c1ccccc1)N(C)C[C@H]1C[C@@H](c2ccc(CO)cc2)O[C@@H](c2ccc(-c3ccccc3CNC(=O)CCCCC(=O)Nc3ccccc3N)cc2)O1. The van der Waals surface area contributed by atoms with E-state index >= 15 is 0 Å². The van der Waals surface area contributed by atoms with E-state index in [4.69, 9.17) is 15.2 Å². The van der Waals surface area contributed by atoms with Crippen LogP contribution in [0, 0.1) is 0 Å². The van der Waals surface area contributed by atoms with Crippen molar-refractivity contribution in [2.24, 2.45) is 0 Å². The Bertz CT molecular complexity index is 2040. The van der Waals surface area contributed by atoms with E-state index in [1.807, 2.05) is 117 Å². The van der Waals surface area contributed by atoms with Crippen molar-refractivity contribution in [2.75, 3.05) is 24.6 Å². The highest BCUT2D eigenvalue weighted by Gasteiger charge is 2.34. The van der Waals surface area contributed by atoms with Gasteiger partial charge >= 0.3 is 0 Å². The normalized spacial score (nSPS) is 17.8. The molecule has 0 radical (unpaired) electrons. The third kappa shape index (κ3) is 11.4. The Hall–Kier alpha value is -5.36. The predicted molar refractivity (Wildman–Crippen MR) is 224 cm³/mol. The van der Waals surface area contributed by atoms with Gasteiger partial charge in [0.15, 0.2) is 6.29 Å². The minimum atomic E-state index is -0.650. The number of rotatable bonds is 17. The van der Waals surface area contributed by atoms with Gasteiger partial charge in [0.25, 0.3) is 0 Å². The number of likely N-dealkylation sites (N-methyl/N-ethyl adjacent to an activating group) is 1. The van der Waals surface area contributed by atoms with Crippen LogP contribution in [0.4, 0.5) is 11.4 Å². The van der Waals surface area contributed by atoms with Crippen LogP contribution >= 0.6 is 0 Å². The number of nitrogens with zero attached hydrogens (tertiary/aromatic N) is 1. The monoisotopic (exact) mass is 770 g/mol. The first kappa shape index (κ1) is 41.3. The summed E-state index contributed by atoms with van der Waals surface area (Å²) in [6, 6.07) is 40.7. The molecular weight excluding hydrogens is 717 g/mol. The van der Waals surface area contributed by atoms with Crippen LogP contribution in [-0.4, -0.2) is 52.7 Å². The molecule has 0 saturated carbocycles. The van der Waals surface area contributed by atoms with Gasteiger partial charge in [0.05, 0.1) is 36.3 Å². The molecular formula is C47H54N4O6. The number of anilines is 2. The first-order valence-electron chi connectivity index (χ1n) is 19.7. The van der Waals surface area contributed by atoms with Crippen LogP contribution in [0.15, 0.2) is 127 Å². The second kappa shape index (κ2) is 20.2. The van der Waals surface area contributed by atoms with Crippen LogP contribution in [0.3, 0.4) is 0 Å². The van der Waals surface area contributed by atoms with E-state index in [1.54, 1.807) is 12.1 Å². The molecule has 10 heteroatoms. The number of amides is 2. The number of nitrogens with one attached hydrogen (secondary N) is 2. The van der Waals surface area contributed by atoms with Gasteiger partial charge in [-0.1, -0.05) is 115 Å². The van der Waals surface area contributed by atoms with Gasteiger partial charge in [0.2, 0.25) is 11.8 Å². The molecule has 1 fully saturated rings. The number of ether oxygens (including phenoxy) is 2. The first-order valence-corrected chi connectivity index (χ1v) is 19.7. The van der Waals surface area contributed by atoms with Crippen molar-refractivity contribution in [3.63, 3.8) is 0 Å². The van der Waals surface area contributed by atoms with Crippen LogP contribution in [0.2, 0.25) is 0 Å². The van der Waals surface area contributed by atoms with Crippen LogP contribution in [0.5, 0.6) is 0 Å². The number of carbonyl (C=O) groups excluding carboxylic acids is 2. The van der Waals surface area contributed by atoms with Crippen molar-refractivity contribution in [3.8, 4) is 11.1 Å². The average Bonchev–Trinajstić information content (AvgIpc) is 3.25. The van der Waals surface area contributed by atoms with Crippen molar-refractivity contribution >= 4 is 23.2 Å². The Kier molecular flexibility index (Phi) is 14.6. The van der Waals surface area contributed by atoms with E-state index in [0.717, 1.165) is 38.9 Å². The Labute approximate surface area is 335 Å². The maximum atomic E-state index is 12.8. The molecule has 0 unspecified atom stereocenters. The van der Waals surface area contributed by atoms with E-state index in [0.29, 0.717) is 56.6 Å². The molecule has 1 heterocycles. The lowest BCUT2D eigenvalue weighted by atomic mass is 9.97. The van der Waals surface area contributed by atoms with Crippen LogP contribution in [0.1, 0.15) is 85.3 Å². The number of benzene rings is 5. The van der Waals surface area contributed by atoms with Gasteiger partial charge in [0, 0.05) is 44.0 Å². The molecule has 298 valence electrons. The molecule has 6 rings (SSSR count). The van der Waals surface area contributed by atoms with Crippen molar-refractivity contribution in [1.29, 1.82) is 0 Å². The Balaban J connectivity index is 1.07. The highest BCUT2D eigenvalue weighted by atomic mass is 16.7. The molecule has 5 aromatic rings. The molecule has 5 atom stereocenters. The third-order valence-corrected chi connectivity index (χ3v) is 10.7. The molecule has 0 aromatic heterocycles. The molecule has 1 aliphatic rings. The molecule has 57 heavy (non-hydrogen) atoms. The smallest absolute Gasteiger partial charge is 0.224 e. The summed E-state index contributed by atoms with van der Waals surface area (Å²) in [7, 11) is 2.01. The van der Waals surface area contributed by atoms with Crippen molar-refractivity contribution in [1.82, 2.24) is 10.2 Å². The third-order valence-electron chi connectivity index (χ3n) is 10.7. The number of carbonyl (C=O) groups is 2.